The molecule has 0 atom stereocenters. The highest BCUT2D eigenvalue weighted by Crippen LogP contribution is 2.15. The minimum absolute atomic E-state index is 0.902. The molecule has 0 saturated heterocycles. The van der Waals surface area contributed by atoms with Gasteiger partial charge in [-0.3, -0.25) is 0 Å². The summed E-state index contributed by atoms with van der Waals surface area (Å²) < 4.78 is 0. The molecule has 0 spiro atoms. The van der Waals surface area contributed by atoms with Crippen molar-refractivity contribution in [2.24, 2.45) is 0 Å². The molecule has 0 amide bonds. The van der Waals surface area contributed by atoms with Gasteiger partial charge >= 0.3 is 0 Å². The number of benzene rings is 1. The molecule has 0 radical (unpaired) electrons. The molecule has 1 aliphatic heterocycles. The Kier molecular flexibility index (Phi) is 1.52. The molecule has 1 heterocycles. The lowest BCUT2D eigenvalue weighted by Gasteiger charge is -2.04. The summed E-state index contributed by atoms with van der Waals surface area (Å²) in [4.78, 5) is 0. The molecule has 2 nitrogen and oxygen atoms in total. The lowest BCUT2D eigenvalue weighted by molar-refractivity contribution is 0.879. The first-order chi connectivity index (χ1) is 5.47. The fraction of sp³-hybridized carbons (Fsp3) is 0.111. The summed E-state index contributed by atoms with van der Waals surface area (Å²) in [6.07, 6.45) is 3.83. The minimum Gasteiger partial charge on any atom is -0.386 e. The van der Waals surface area contributed by atoms with Crippen LogP contribution in [0.5, 0.6) is 0 Å². The third-order valence-electron chi connectivity index (χ3n) is 1.75. The topological polar surface area (TPSA) is 24.1 Å². The van der Waals surface area contributed by atoms with Crippen LogP contribution in [0, 0.1) is 0 Å². The fourth-order valence-corrected chi connectivity index (χ4v) is 1.17. The molecule has 1 aromatic carbocycles. The van der Waals surface area contributed by atoms with E-state index < -0.39 is 0 Å². The van der Waals surface area contributed by atoms with E-state index in [1.54, 1.807) is 0 Å². The quantitative estimate of drug-likeness (QED) is 0.581. The van der Waals surface area contributed by atoms with Crippen molar-refractivity contribution in [1.82, 2.24) is 5.32 Å². The molecule has 2 N–H and O–H groups in total. The Morgan fingerprint density at radius 1 is 1.09 bits per heavy atom. The standard InChI is InChI=1S/C9H10N2/c1-2-4-9-8(3-1)7-10-5-6-11-9/h1-6,10-11H,7H2. The minimum atomic E-state index is 0.902. The normalized spacial score (nSPS) is 14.2. The summed E-state index contributed by atoms with van der Waals surface area (Å²) in [7, 11) is 0. The Morgan fingerprint density at radius 3 is 3.00 bits per heavy atom. The van der Waals surface area contributed by atoms with Gasteiger partial charge in [0, 0.05) is 24.6 Å². The van der Waals surface area contributed by atoms with E-state index in [-0.39, 0.29) is 0 Å². The fourth-order valence-electron chi connectivity index (χ4n) is 1.17. The Morgan fingerprint density at radius 2 is 2.00 bits per heavy atom. The average Bonchev–Trinajstić information content (AvgIpc) is 2.28. The van der Waals surface area contributed by atoms with E-state index in [9.17, 15) is 0 Å². The molecule has 56 valence electrons. The van der Waals surface area contributed by atoms with Gasteiger partial charge in [0.2, 0.25) is 0 Å². The van der Waals surface area contributed by atoms with E-state index in [0.717, 1.165) is 6.54 Å². The molecule has 1 aromatic rings. The third kappa shape index (κ3) is 1.19. The number of rotatable bonds is 0. The first-order valence-electron chi connectivity index (χ1n) is 3.70. The van der Waals surface area contributed by atoms with Gasteiger partial charge in [0.25, 0.3) is 0 Å². The van der Waals surface area contributed by atoms with Crippen LogP contribution in [0.4, 0.5) is 5.69 Å². The number of hydrogen-bond donors (Lipinski definition) is 2. The van der Waals surface area contributed by atoms with Gasteiger partial charge in [-0.1, -0.05) is 18.2 Å². The summed E-state index contributed by atoms with van der Waals surface area (Å²) >= 11 is 0. The van der Waals surface area contributed by atoms with Gasteiger partial charge in [0.05, 0.1) is 0 Å². The van der Waals surface area contributed by atoms with Crippen molar-refractivity contribution in [2.45, 2.75) is 6.54 Å². The van der Waals surface area contributed by atoms with E-state index in [1.165, 1.54) is 11.3 Å². The van der Waals surface area contributed by atoms with Gasteiger partial charge in [-0.15, -0.1) is 0 Å². The second-order valence-corrected chi connectivity index (χ2v) is 2.52. The Bertz CT molecular complexity index is 279. The second-order valence-electron chi connectivity index (χ2n) is 2.52. The number of para-hydroxylation sites is 1. The molecule has 11 heavy (non-hydrogen) atoms. The summed E-state index contributed by atoms with van der Waals surface area (Å²) in [6, 6.07) is 8.27. The lowest BCUT2D eigenvalue weighted by Crippen LogP contribution is -2.02. The number of anilines is 1. The van der Waals surface area contributed by atoms with E-state index in [0.29, 0.717) is 0 Å². The van der Waals surface area contributed by atoms with Gasteiger partial charge < -0.3 is 10.6 Å². The van der Waals surface area contributed by atoms with Crippen LogP contribution in [0.25, 0.3) is 0 Å². The highest BCUT2D eigenvalue weighted by molar-refractivity contribution is 5.53. The van der Waals surface area contributed by atoms with Crippen LogP contribution in [-0.2, 0) is 6.54 Å². The number of nitrogens with one attached hydrogen (secondary N) is 2. The molecule has 1 aliphatic rings. The van der Waals surface area contributed by atoms with Crippen LogP contribution in [0.1, 0.15) is 5.56 Å². The highest BCUT2D eigenvalue weighted by atomic mass is 14.9. The Labute approximate surface area is 65.9 Å². The SMILES string of the molecule is C1=CNc2ccccc2CN1. The van der Waals surface area contributed by atoms with Gasteiger partial charge in [-0.25, -0.2) is 0 Å². The molecule has 0 aromatic heterocycles. The summed E-state index contributed by atoms with van der Waals surface area (Å²) in [5.41, 5.74) is 2.49. The van der Waals surface area contributed by atoms with Crippen molar-refractivity contribution in [3.05, 3.63) is 42.2 Å². The smallest absolute Gasteiger partial charge is 0.0430 e. The zero-order valence-corrected chi connectivity index (χ0v) is 6.17. The highest BCUT2D eigenvalue weighted by Gasteiger charge is 1.99. The Balaban J connectivity index is 2.40. The van der Waals surface area contributed by atoms with Crippen molar-refractivity contribution in [3.8, 4) is 0 Å². The molecular weight excluding hydrogens is 136 g/mol. The van der Waals surface area contributed by atoms with Gasteiger partial charge in [-0.05, 0) is 11.6 Å². The van der Waals surface area contributed by atoms with Crippen LogP contribution < -0.4 is 10.6 Å². The molecule has 0 saturated carbocycles. The van der Waals surface area contributed by atoms with Crippen molar-refractivity contribution in [1.29, 1.82) is 0 Å². The lowest BCUT2D eigenvalue weighted by atomic mass is 10.2. The van der Waals surface area contributed by atoms with E-state index in [4.69, 9.17) is 0 Å². The molecule has 2 rings (SSSR count). The molecule has 0 bridgehead atoms. The first-order valence-corrected chi connectivity index (χ1v) is 3.70. The van der Waals surface area contributed by atoms with Crippen LogP contribution in [0.15, 0.2) is 36.7 Å². The van der Waals surface area contributed by atoms with Crippen LogP contribution in [-0.4, -0.2) is 0 Å². The van der Waals surface area contributed by atoms with Gasteiger partial charge in [0.15, 0.2) is 0 Å². The predicted octanol–water partition coefficient (Wildman–Crippen LogP) is 1.67. The zero-order valence-electron chi connectivity index (χ0n) is 6.17. The maximum Gasteiger partial charge on any atom is 0.0430 e. The van der Waals surface area contributed by atoms with E-state index in [1.807, 2.05) is 24.5 Å². The molecule has 0 aliphatic carbocycles. The van der Waals surface area contributed by atoms with E-state index >= 15 is 0 Å². The zero-order chi connectivity index (χ0) is 7.52. The monoisotopic (exact) mass is 146 g/mol. The number of fused-ring (bicyclic) bond motifs is 1. The third-order valence-corrected chi connectivity index (χ3v) is 1.75. The molecule has 0 fully saturated rings. The first kappa shape index (κ1) is 6.28. The maximum absolute atomic E-state index is 3.18. The van der Waals surface area contributed by atoms with Crippen molar-refractivity contribution in [3.63, 3.8) is 0 Å². The van der Waals surface area contributed by atoms with Gasteiger partial charge in [-0.2, -0.15) is 0 Å². The largest absolute Gasteiger partial charge is 0.386 e. The number of hydrogen-bond acceptors (Lipinski definition) is 2. The molecular formula is C9H10N2. The van der Waals surface area contributed by atoms with E-state index in [2.05, 4.69) is 22.8 Å². The average molecular weight is 146 g/mol. The summed E-state index contributed by atoms with van der Waals surface area (Å²) in [5, 5.41) is 6.34. The van der Waals surface area contributed by atoms with Gasteiger partial charge in [0.1, 0.15) is 0 Å². The second kappa shape index (κ2) is 2.66. The van der Waals surface area contributed by atoms with Crippen LogP contribution in [0.3, 0.4) is 0 Å². The van der Waals surface area contributed by atoms with Crippen molar-refractivity contribution in [2.75, 3.05) is 5.32 Å². The van der Waals surface area contributed by atoms with Crippen LogP contribution in [0.2, 0.25) is 0 Å². The summed E-state index contributed by atoms with van der Waals surface area (Å²) in [6.45, 7) is 0.902. The summed E-state index contributed by atoms with van der Waals surface area (Å²) in [5.74, 6) is 0. The predicted molar refractivity (Wildman–Crippen MR) is 46.0 cm³/mol. The van der Waals surface area contributed by atoms with Crippen molar-refractivity contribution >= 4 is 5.69 Å². The van der Waals surface area contributed by atoms with Crippen LogP contribution >= 0.6 is 0 Å². The Hall–Kier alpha value is -1.44. The maximum atomic E-state index is 3.18. The van der Waals surface area contributed by atoms with Crippen molar-refractivity contribution < 1.29 is 0 Å². The molecule has 2 heteroatoms. The molecule has 0 unspecified atom stereocenters.